The minimum atomic E-state index is -0.534. The molecule has 4 heterocycles. The normalized spacial score (nSPS) is 11.2. The van der Waals surface area contributed by atoms with Crippen LogP contribution in [0.2, 0.25) is 20.1 Å². The molecule has 0 radical (unpaired) electrons. The monoisotopic (exact) mass is 750 g/mol. The van der Waals surface area contributed by atoms with Crippen LogP contribution < -0.4 is 11.1 Å². The Labute approximate surface area is 298 Å². The van der Waals surface area contributed by atoms with E-state index in [1.165, 1.54) is 80.2 Å². The summed E-state index contributed by atoms with van der Waals surface area (Å²) in [7, 11) is 0. The summed E-state index contributed by atoms with van der Waals surface area (Å²) in [6.45, 7) is 0. The summed E-state index contributed by atoms with van der Waals surface area (Å²) < 4.78 is 32.4. The van der Waals surface area contributed by atoms with Crippen LogP contribution >= 0.6 is 46.4 Å². The smallest absolute Gasteiger partial charge is 0.267 e. The summed E-state index contributed by atoms with van der Waals surface area (Å²) in [5.74, 6) is -0.723. The summed E-state index contributed by atoms with van der Waals surface area (Å²) in [4.78, 5) is 42.7. The molecule has 8 rings (SSSR count). The minimum absolute atomic E-state index is 0.120. The van der Waals surface area contributed by atoms with Gasteiger partial charge in [0.2, 0.25) is 11.9 Å². The molecule has 0 saturated carbocycles. The molecule has 0 aliphatic rings. The Morgan fingerprint density at radius 3 is 1.32 bits per heavy atom. The molecule has 4 aromatic carbocycles. The fourth-order valence-corrected chi connectivity index (χ4v) is 5.97. The lowest BCUT2D eigenvalue weighted by atomic mass is 10.2. The molecule has 0 spiro atoms. The summed E-state index contributed by atoms with van der Waals surface area (Å²) in [6.07, 6.45) is 5.43. The summed E-state index contributed by atoms with van der Waals surface area (Å²) in [5, 5.41) is 9.62. The van der Waals surface area contributed by atoms with E-state index in [9.17, 15) is 18.4 Å². The summed E-state index contributed by atoms with van der Waals surface area (Å²) in [5.41, 5.74) is 0.385. The molecule has 0 aliphatic heterocycles. The van der Waals surface area contributed by atoms with Gasteiger partial charge in [-0.1, -0.05) is 46.4 Å². The summed E-state index contributed by atoms with van der Waals surface area (Å²) in [6, 6.07) is 17.0. The molecule has 0 amide bonds. The highest BCUT2D eigenvalue weighted by Crippen LogP contribution is 2.27. The van der Waals surface area contributed by atoms with Crippen LogP contribution in [0.15, 0.2) is 108 Å². The van der Waals surface area contributed by atoms with Gasteiger partial charge in [0.15, 0.2) is 0 Å². The van der Waals surface area contributed by atoms with E-state index in [0.717, 1.165) is 12.1 Å². The number of aromatic nitrogens is 10. The predicted molar refractivity (Wildman–Crippen MR) is 184 cm³/mol. The highest BCUT2D eigenvalue weighted by molar-refractivity contribution is 6.36. The Kier molecular flexibility index (Phi) is 8.84. The zero-order valence-electron chi connectivity index (χ0n) is 24.8. The molecule has 248 valence electrons. The first-order valence-corrected chi connectivity index (χ1v) is 15.7. The van der Waals surface area contributed by atoms with E-state index < -0.39 is 22.8 Å². The summed E-state index contributed by atoms with van der Waals surface area (Å²) >= 11 is 24.4. The van der Waals surface area contributed by atoms with Crippen molar-refractivity contribution in [2.24, 2.45) is 0 Å². The third-order valence-corrected chi connectivity index (χ3v) is 8.25. The third-order valence-electron chi connectivity index (χ3n) is 7.17. The van der Waals surface area contributed by atoms with Gasteiger partial charge in [-0.2, -0.15) is 19.6 Å². The maximum absolute atomic E-state index is 13.6. The predicted octanol–water partition coefficient (Wildman–Crippen LogP) is 6.82. The van der Waals surface area contributed by atoms with Crippen LogP contribution in [0.25, 0.3) is 45.1 Å². The van der Waals surface area contributed by atoms with Gasteiger partial charge in [0.05, 0.1) is 43.2 Å². The molecular formula is C32H16Cl4F2N10O2. The minimum Gasteiger partial charge on any atom is -0.268 e. The van der Waals surface area contributed by atoms with Gasteiger partial charge < -0.3 is 0 Å². The molecule has 50 heavy (non-hydrogen) atoms. The molecule has 0 fully saturated rings. The van der Waals surface area contributed by atoms with Crippen molar-refractivity contribution in [1.82, 2.24) is 48.6 Å². The van der Waals surface area contributed by atoms with Crippen molar-refractivity contribution in [2.45, 2.75) is 0 Å². The first kappa shape index (κ1) is 33.0. The Bertz CT molecular complexity index is 2500. The number of rotatable bonds is 4. The highest BCUT2D eigenvalue weighted by atomic mass is 35.5. The number of benzene rings is 4. The van der Waals surface area contributed by atoms with Crippen LogP contribution in [0.1, 0.15) is 0 Å². The number of hydrogen-bond donors (Lipinski definition) is 0. The molecule has 0 unspecified atom stereocenters. The maximum atomic E-state index is 13.6. The average Bonchev–Trinajstić information content (AvgIpc) is 3.82. The zero-order valence-corrected chi connectivity index (χ0v) is 27.8. The van der Waals surface area contributed by atoms with Gasteiger partial charge in [-0.05, 0) is 72.8 Å². The van der Waals surface area contributed by atoms with Crippen molar-refractivity contribution < 1.29 is 8.78 Å². The van der Waals surface area contributed by atoms with Crippen molar-refractivity contribution >= 4 is 68.2 Å². The zero-order chi connectivity index (χ0) is 35.1. The highest BCUT2D eigenvalue weighted by Gasteiger charge is 2.19. The topological polar surface area (TPSA) is 131 Å². The van der Waals surface area contributed by atoms with E-state index >= 15 is 0 Å². The second-order valence-electron chi connectivity index (χ2n) is 10.3. The van der Waals surface area contributed by atoms with E-state index in [0.29, 0.717) is 32.5 Å². The third kappa shape index (κ3) is 6.20. The first-order valence-electron chi connectivity index (χ1n) is 14.1. The van der Waals surface area contributed by atoms with Crippen molar-refractivity contribution in [3.05, 3.63) is 151 Å². The molecule has 0 N–H and O–H groups in total. The second kappa shape index (κ2) is 13.4. The van der Waals surface area contributed by atoms with Gasteiger partial charge in [-0.25, -0.2) is 37.9 Å². The number of hydrogen-bond acceptors (Lipinski definition) is 8. The van der Waals surface area contributed by atoms with E-state index in [4.69, 9.17) is 46.4 Å². The molecule has 0 atom stereocenters. The van der Waals surface area contributed by atoms with Gasteiger partial charge in [0.1, 0.15) is 36.9 Å². The SMILES string of the molecule is O=c1c2cc(F)ccc2nc(-n2cncn2)n1-c1ccc(Cl)cc1Cl.O=c1c2cc(F)ccc2nc(-n2cncn2)n1-c1ccc(Cl)cc1Cl. The number of fused-ring (bicyclic) bond motifs is 2. The lowest BCUT2D eigenvalue weighted by Crippen LogP contribution is -2.25. The van der Waals surface area contributed by atoms with Crippen LogP contribution in [0.5, 0.6) is 0 Å². The van der Waals surface area contributed by atoms with Crippen molar-refractivity contribution in [3.63, 3.8) is 0 Å². The van der Waals surface area contributed by atoms with Crippen molar-refractivity contribution in [1.29, 1.82) is 0 Å². The average molecular weight is 752 g/mol. The molecule has 0 saturated heterocycles. The van der Waals surface area contributed by atoms with Crippen LogP contribution in [-0.4, -0.2) is 48.6 Å². The van der Waals surface area contributed by atoms with E-state index in [1.807, 2.05) is 0 Å². The van der Waals surface area contributed by atoms with Gasteiger partial charge in [-0.3, -0.25) is 9.59 Å². The van der Waals surface area contributed by atoms with Crippen LogP contribution in [0.3, 0.4) is 0 Å². The van der Waals surface area contributed by atoms with Gasteiger partial charge >= 0.3 is 0 Å². The van der Waals surface area contributed by atoms with Crippen LogP contribution in [0.4, 0.5) is 8.78 Å². The first-order chi connectivity index (χ1) is 24.1. The molecule has 4 aromatic heterocycles. The lowest BCUT2D eigenvalue weighted by Gasteiger charge is -2.14. The largest absolute Gasteiger partial charge is 0.268 e. The van der Waals surface area contributed by atoms with Crippen molar-refractivity contribution in [2.75, 3.05) is 0 Å². The molecule has 18 heteroatoms. The van der Waals surface area contributed by atoms with Gasteiger partial charge in [0, 0.05) is 10.0 Å². The number of nitrogens with zero attached hydrogens (tertiary/aromatic N) is 10. The van der Waals surface area contributed by atoms with Crippen molar-refractivity contribution in [3.8, 4) is 23.3 Å². The Morgan fingerprint density at radius 2 is 0.960 bits per heavy atom. The molecule has 0 aliphatic carbocycles. The van der Waals surface area contributed by atoms with E-state index in [-0.39, 0.29) is 32.7 Å². The fourth-order valence-electron chi connectivity index (χ4n) is 4.98. The van der Waals surface area contributed by atoms with Gasteiger partial charge in [-0.15, -0.1) is 0 Å². The lowest BCUT2D eigenvalue weighted by molar-refractivity contribution is 0.628. The van der Waals surface area contributed by atoms with Crippen LogP contribution in [0, 0.1) is 11.6 Å². The van der Waals surface area contributed by atoms with Crippen LogP contribution in [-0.2, 0) is 0 Å². The van der Waals surface area contributed by atoms with E-state index in [1.54, 1.807) is 24.3 Å². The molecule has 12 nitrogen and oxygen atoms in total. The van der Waals surface area contributed by atoms with Gasteiger partial charge in [0.25, 0.3) is 11.1 Å². The Morgan fingerprint density at radius 1 is 0.540 bits per heavy atom. The standard InChI is InChI=1S/2C16H8Cl2FN5O/c2*17-9-1-4-14(12(18)5-9)24-15(25)11-6-10(19)2-3-13(11)22-16(24)23-8-20-7-21-23/h2*1-8H. The molecular weight excluding hydrogens is 736 g/mol. The second-order valence-corrected chi connectivity index (χ2v) is 12.0. The fraction of sp³-hybridized carbons (Fsp3) is 0. The van der Waals surface area contributed by atoms with E-state index in [2.05, 4.69) is 30.1 Å². The molecule has 8 aromatic rings. The Balaban J connectivity index is 0.000000157. The Hall–Kier alpha value is -5.54. The molecule has 0 bridgehead atoms. The maximum Gasteiger partial charge on any atom is 0.267 e. The number of halogens is 6. The quantitative estimate of drug-likeness (QED) is 0.191.